The Bertz CT molecular complexity index is 1420. The van der Waals surface area contributed by atoms with E-state index in [1.54, 1.807) is 36.1 Å². The van der Waals surface area contributed by atoms with Crippen LogP contribution in [0.1, 0.15) is 43.0 Å². The predicted molar refractivity (Wildman–Crippen MR) is 149 cm³/mol. The molecule has 1 unspecified atom stereocenters. The van der Waals surface area contributed by atoms with E-state index >= 15 is 0 Å². The Morgan fingerprint density at radius 1 is 0.902 bits per heavy atom. The molecule has 8 nitrogen and oxygen atoms in total. The Balaban J connectivity index is 1.60. The summed E-state index contributed by atoms with van der Waals surface area (Å²) in [6.45, 7) is 4.18. The van der Waals surface area contributed by atoms with Crippen LogP contribution < -0.4 is 16.0 Å². The van der Waals surface area contributed by atoms with Crippen molar-refractivity contribution in [3.8, 4) is 0 Å². The first kappa shape index (κ1) is 29.2. The molecule has 4 amide bonds. The molecule has 0 aliphatic carbocycles. The molecule has 214 valence electrons. The van der Waals surface area contributed by atoms with E-state index in [0.29, 0.717) is 35.5 Å². The van der Waals surface area contributed by atoms with E-state index in [4.69, 9.17) is 4.74 Å². The number of nitrogens with zero attached hydrogens (tertiary/aromatic N) is 1. The fourth-order valence-corrected chi connectivity index (χ4v) is 4.47. The van der Waals surface area contributed by atoms with Crippen LogP contribution in [0.25, 0.3) is 5.70 Å². The maximum absolute atomic E-state index is 13.3. The quantitative estimate of drug-likeness (QED) is 0.261. The lowest BCUT2D eigenvalue weighted by Crippen LogP contribution is -2.48. The highest BCUT2D eigenvalue weighted by atomic mass is 19.4. The number of amides is 4. The molecule has 0 spiro atoms. The number of nitrogens with one attached hydrogen (secondary N) is 3. The van der Waals surface area contributed by atoms with Gasteiger partial charge in [-0.3, -0.25) is 4.90 Å². The average molecular weight is 567 g/mol. The van der Waals surface area contributed by atoms with Gasteiger partial charge in [0.05, 0.1) is 29.5 Å². The van der Waals surface area contributed by atoms with Gasteiger partial charge in [0.25, 0.3) is 0 Å². The van der Waals surface area contributed by atoms with E-state index in [1.807, 2.05) is 37.3 Å². The molecule has 0 saturated heterocycles. The number of hydrogen-bond donors (Lipinski definition) is 3. The van der Waals surface area contributed by atoms with Crippen LogP contribution in [0.3, 0.4) is 0 Å². The van der Waals surface area contributed by atoms with Gasteiger partial charge in [0.15, 0.2) is 0 Å². The molecule has 0 fully saturated rings. The molecule has 11 heteroatoms. The topological polar surface area (TPSA) is 99.8 Å². The number of anilines is 2. The highest BCUT2D eigenvalue weighted by molar-refractivity contribution is 6.05. The van der Waals surface area contributed by atoms with Crippen LogP contribution in [0.2, 0.25) is 0 Å². The Morgan fingerprint density at radius 3 is 2.02 bits per heavy atom. The van der Waals surface area contributed by atoms with Crippen molar-refractivity contribution in [2.75, 3.05) is 23.8 Å². The van der Waals surface area contributed by atoms with Crippen LogP contribution in [0.5, 0.6) is 0 Å². The van der Waals surface area contributed by atoms with Gasteiger partial charge in [0.2, 0.25) is 0 Å². The summed E-state index contributed by atoms with van der Waals surface area (Å²) in [4.78, 5) is 40.5. The molecule has 1 aliphatic rings. The summed E-state index contributed by atoms with van der Waals surface area (Å²) in [6, 6.07) is 17.9. The summed E-state index contributed by atoms with van der Waals surface area (Å²) in [5.41, 5.74) is 1.79. The SMILES string of the molecule is CCCN1C(=O)NC(c2ccc(NC(=O)Nc3ccc(C(F)(F)F)cc3)cc2)C(C(=O)OCC)=C1c1ccccc1. The lowest BCUT2D eigenvalue weighted by atomic mass is 9.91. The first-order valence-corrected chi connectivity index (χ1v) is 13.0. The third-order valence-electron chi connectivity index (χ3n) is 6.29. The molecule has 3 aromatic carbocycles. The molecule has 1 aliphatic heterocycles. The second-order valence-corrected chi connectivity index (χ2v) is 9.16. The highest BCUT2D eigenvalue weighted by Crippen LogP contribution is 2.37. The van der Waals surface area contributed by atoms with Gasteiger partial charge in [0, 0.05) is 17.9 Å². The fourth-order valence-electron chi connectivity index (χ4n) is 4.47. The van der Waals surface area contributed by atoms with Gasteiger partial charge in [0.1, 0.15) is 0 Å². The number of ether oxygens (including phenoxy) is 1. The normalized spacial score (nSPS) is 15.3. The molecule has 41 heavy (non-hydrogen) atoms. The highest BCUT2D eigenvalue weighted by Gasteiger charge is 2.38. The van der Waals surface area contributed by atoms with E-state index in [1.165, 1.54) is 0 Å². The van der Waals surface area contributed by atoms with Crippen molar-refractivity contribution in [1.82, 2.24) is 10.2 Å². The Hall–Kier alpha value is -4.80. The minimum Gasteiger partial charge on any atom is -0.463 e. The minimum absolute atomic E-state index is 0.149. The van der Waals surface area contributed by atoms with Crippen molar-refractivity contribution in [2.45, 2.75) is 32.5 Å². The molecule has 0 saturated carbocycles. The maximum Gasteiger partial charge on any atom is 0.416 e. The van der Waals surface area contributed by atoms with Crippen molar-refractivity contribution in [3.05, 3.63) is 101 Å². The van der Waals surface area contributed by atoms with Gasteiger partial charge >= 0.3 is 24.2 Å². The van der Waals surface area contributed by atoms with Crippen molar-refractivity contribution in [3.63, 3.8) is 0 Å². The molecular weight excluding hydrogens is 537 g/mol. The lowest BCUT2D eigenvalue weighted by molar-refractivity contribution is -0.139. The second-order valence-electron chi connectivity index (χ2n) is 9.16. The largest absolute Gasteiger partial charge is 0.463 e. The summed E-state index contributed by atoms with van der Waals surface area (Å²) >= 11 is 0. The molecule has 0 bridgehead atoms. The second kappa shape index (κ2) is 12.6. The van der Waals surface area contributed by atoms with Crippen LogP contribution in [-0.2, 0) is 15.7 Å². The fraction of sp³-hybridized carbons (Fsp3) is 0.233. The molecule has 0 radical (unpaired) electrons. The van der Waals surface area contributed by atoms with E-state index in [9.17, 15) is 27.6 Å². The summed E-state index contributed by atoms with van der Waals surface area (Å²) < 4.78 is 43.7. The maximum atomic E-state index is 13.3. The van der Waals surface area contributed by atoms with Gasteiger partial charge in [-0.15, -0.1) is 0 Å². The molecule has 3 aromatic rings. The minimum atomic E-state index is -4.47. The summed E-state index contributed by atoms with van der Waals surface area (Å²) in [5, 5.41) is 8.01. The third kappa shape index (κ3) is 6.86. The zero-order valence-electron chi connectivity index (χ0n) is 22.4. The van der Waals surface area contributed by atoms with E-state index in [-0.39, 0.29) is 23.9 Å². The third-order valence-corrected chi connectivity index (χ3v) is 6.29. The van der Waals surface area contributed by atoms with E-state index < -0.39 is 29.8 Å². The number of urea groups is 2. The summed E-state index contributed by atoms with van der Waals surface area (Å²) in [5.74, 6) is -0.560. The zero-order chi connectivity index (χ0) is 29.6. The number of halogens is 3. The molecule has 4 rings (SSSR count). The Labute approximate surface area is 235 Å². The van der Waals surface area contributed by atoms with Gasteiger partial charge < -0.3 is 20.7 Å². The monoisotopic (exact) mass is 566 g/mol. The molecule has 1 heterocycles. The number of rotatable bonds is 8. The van der Waals surface area contributed by atoms with Crippen LogP contribution in [0.15, 0.2) is 84.4 Å². The van der Waals surface area contributed by atoms with Crippen LogP contribution >= 0.6 is 0 Å². The van der Waals surface area contributed by atoms with Gasteiger partial charge in [-0.25, -0.2) is 14.4 Å². The van der Waals surface area contributed by atoms with Crippen molar-refractivity contribution in [1.29, 1.82) is 0 Å². The van der Waals surface area contributed by atoms with Crippen molar-refractivity contribution < 1.29 is 32.3 Å². The van der Waals surface area contributed by atoms with Crippen molar-refractivity contribution >= 4 is 35.1 Å². The number of benzene rings is 3. The lowest BCUT2D eigenvalue weighted by Gasteiger charge is -2.36. The molecule has 3 N–H and O–H groups in total. The van der Waals surface area contributed by atoms with Crippen LogP contribution in [-0.4, -0.2) is 36.1 Å². The number of carbonyl (C=O) groups excluding carboxylic acids is 3. The summed E-state index contributed by atoms with van der Waals surface area (Å²) in [6.07, 6.45) is -3.81. The van der Waals surface area contributed by atoms with Crippen molar-refractivity contribution in [2.24, 2.45) is 0 Å². The predicted octanol–water partition coefficient (Wildman–Crippen LogP) is 6.80. The molecule has 0 aromatic heterocycles. The first-order chi connectivity index (χ1) is 19.6. The molecular formula is C30H29F3N4O4. The Morgan fingerprint density at radius 2 is 1.49 bits per heavy atom. The smallest absolute Gasteiger partial charge is 0.416 e. The van der Waals surface area contributed by atoms with E-state index in [2.05, 4.69) is 16.0 Å². The van der Waals surface area contributed by atoms with Gasteiger partial charge in [-0.05, 0) is 60.9 Å². The number of hydrogen-bond acceptors (Lipinski definition) is 4. The first-order valence-electron chi connectivity index (χ1n) is 13.0. The van der Waals surface area contributed by atoms with Crippen LogP contribution in [0.4, 0.5) is 34.1 Å². The van der Waals surface area contributed by atoms with Gasteiger partial charge in [-0.2, -0.15) is 13.2 Å². The van der Waals surface area contributed by atoms with Crippen LogP contribution in [0, 0.1) is 0 Å². The number of carbonyl (C=O) groups is 3. The number of alkyl halides is 3. The summed E-state index contributed by atoms with van der Waals surface area (Å²) in [7, 11) is 0. The zero-order valence-corrected chi connectivity index (χ0v) is 22.4. The van der Waals surface area contributed by atoms with Gasteiger partial charge in [-0.1, -0.05) is 49.4 Å². The Kier molecular flexibility index (Phi) is 8.96. The van der Waals surface area contributed by atoms with E-state index in [0.717, 1.165) is 24.3 Å². The molecule has 1 atom stereocenters. The average Bonchev–Trinajstić information content (AvgIpc) is 2.94. The number of esters is 1. The standard InChI is InChI=1S/C30H29F3N4O4/c1-3-18-37-26(20-8-6-5-7-9-20)24(27(38)41-4-2)25(36-29(37)40)19-10-14-22(15-11-19)34-28(39)35-23-16-12-21(13-17-23)30(31,32)33/h5-17,25H,3-4,18H2,1-2H3,(H,36,40)(H2,34,35,39).